The number of ether oxygens (including phenoxy) is 1. The molecule has 0 saturated carbocycles. The van der Waals surface area contributed by atoms with Crippen molar-refractivity contribution in [3.8, 4) is 0 Å². The third kappa shape index (κ3) is 3.42. The van der Waals surface area contributed by atoms with Crippen LogP contribution < -0.4 is 11.3 Å². The number of nitrogens with one attached hydrogen (secondary N) is 1. The standard InChI is InChI=1S/C11H15F3N2O/c1-7(17-2)10(16-15)8-3-5-9(6-4-8)11(12,13)14/h3-7,10,16H,15H2,1-2H3. The van der Waals surface area contributed by atoms with Crippen molar-refractivity contribution < 1.29 is 17.9 Å². The van der Waals surface area contributed by atoms with Crippen molar-refractivity contribution in [3.05, 3.63) is 35.4 Å². The maximum atomic E-state index is 12.4. The van der Waals surface area contributed by atoms with Crippen molar-refractivity contribution in [1.29, 1.82) is 0 Å². The molecule has 0 amide bonds. The number of hydrogen-bond acceptors (Lipinski definition) is 3. The maximum Gasteiger partial charge on any atom is 0.416 e. The first-order chi connectivity index (χ1) is 7.90. The highest BCUT2D eigenvalue weighted by Crippen LogP contribution is 2.30. The van der Waals surface area contributed by atoms with Gasteiger partial charge in [-0.25, -0.2) is 0 Å². The Morgan fingerprint density at radius 1 is 1.24 bits per heavy atom. The predicted molar refractivity (Wildman–Crippen MR) is 58.0 cm³/mol. The third-order valence-corrected chi connectivity index (χ3v) is 2.62. The normalized spacial score (nSPS) is 15.6. The fraction of sp³-hybridized carbons (Fsp3) is 0.455. The van der Waals surface area contributed by atoms with Gasteiger partial charge < -0.3 is 4.74 Å². The lowest BCUT2D eigenvalue weighted by Crippen LogP contribution is -2.36. The van der Waals surface area contributed by atoms with Crippen LogP contribution in [0.4, 0.5) is 13.2 Å². The Balaban J connectivity index is 2.93. The molecule has 0 radical (unpaired) electrons. The average molecular weight is 248 g/mol. The molecule has 1 aromatic rings. The second-order valence-electron chi connectivity index (χ2n) is 3.70. The Bertz CT molecular complexity index is 351. The van der Waals surface area contributed by atoms with Crippen molar-refractivity contribution in [2.45, 2.75) is 25.2 Å². The van der Waals surface area contributed by atoms with E-state index in [0.29, 0.717) is 5.56 Å². The van der Waals surface area contributed by atoms with Crippen LogP contribution in [0.1, 0.15) is 24.1 Å². The molecule has 96 valence electrons. The van der Waals surface area contributed by atoms with Gasteiger partial charge in [0.25, 0.3) is 0 Å². The minimum Gasteiger partial charge on any atom is -0.380 e. The van der Waals surface area contributed by atoms with Gasteiger partial charge in [-0.05, 0) is 24.6 Å². The summed E-state index contributed by atoms with van der Waals surface area (Å²) >= 11 is 0. The predicted octanol–water partition coefficient (Wildman–Crippen LogP) is 2.24. The molecule has 0 aliphatic heterocycles. The topological polar surface area (TPSA) is 47.3 Å². The molecule has 6 heteroatoms. The van der Waals surface area contributed by atoms with Gasteiger partial charge in [0.1, 0.15) is 0 Å². The largest absolute Gasteiger partial charge is 0.416 e. The zero-order chi connectivity index (χ0) is 13.1. The molecular formula is C11H15F3N2O. The molecule has 0 heterocycles. The van der Waals surface area contributed by atoms with E-state index in [4.69, 9.17) is 10.6 Å². The minimum atomic E-state index is -4.32. The summed E-state index contributed by atoms with van der Waals surface area (Å²) in [4.78, 5) is 0. The Kier molecular flexibility index (Phi) is 4.50. The fourth-order valence-electron chi connectivity index (χ4n) is 1.52. The number of rotatable bonds is 4. The first kappa shape index (κ1) is 14.0. The molecule has 3 nitrogen and oxygen atoms in total. The zero-order valence-corrected chi connectivity index (χ0v) is 9.58. The molecule has 0 aliphatic carbocycles. The summed E-state index contributed by atoms with van der Waals surface area (Å²) in [7, 11) is 1.51. The van der Waals surface area contributed by atoms with Gasteiger partial charge >= 0.3 is 6.18 Å². The van der Waals surface area contributed by atoms with Crippen LogP contribution in [0.25, 0.3) is 0 Å². The SMILES string of the molecule is COC(C)C(NN)c1ccc(C(F)(F)F)cc1. The van der Waals surface area contributed by atoms with E-state index in [0.717, 1.165) is 12.1 Å². The fourth-order valence-corrected chi connectivity index (χ4v) is 1.52. The van der Waals surface area contributed by atoms with E-state index in [2.05, 4.69) is 5.43 Å². The first-order valence-electron chi connectivity index (χ1n) is 5.06. The lowest BCUT2D eigenvalue weighted by Gasteiger charge is -2.22. The van der Waals surface area contributed by atoms with Crippen LogP contribution in [0, 0.1) is 0 Å². The monoisotopic (exact) mass is 248 g/mol. The zero-order valence-electron chi connectivity index (χ0n) is 9.58. The number of hydrogen-bond donors (Lipinski definition) is 2. The Labute approximate surface area is 97.7 Å². The van der Waals surface area contributed by atoms with Crippen molar-refractivity contribution in [1.82, 2.24) is 5.43 Å². The van der Waals surface area contributed by atoms with Crippen molar-refractivity contribution in [2.24, 2.45) is 5.84 Å². The van der Waals surface area contributed by atoms with Gasteiger partial charge in [0, 0.05) is 7.11 Å². The van der Waals surface area contributed by atoms with Crippen LogP contribution in [0.5, 0.6) is 0 Å². The minimum absolute atomic E-state index is 0.239. The molecule has 3 N–H and O–H groups in total. The quantitative estimate of drug-likeness (QED) is 0.634. The Hall–Kier alpha value is -1.11. The van der Waals surface area contributed by atoms with Gasteiger partial charge in [-0.3, -0.25) is 11.3 Å². The van der Waals surface area contributed by atoms with Gasteiger partial charge in [-0.15, -0.1) is 0 Å². The molecule has 0 aliphatic rings. The second kappa shape index (κ2) is 5.48. The van der Waals surface area contributed by atoms with Gasteiger partial charge in [0.2, 0.25) is 0 Å². The van der Waals surface area contributed by atoms with Crippen molar-refractivity contribution >= 4 is 0 Å². The molecule has 2 atom stereocenters. The molecule has 0 aromatic heterocycles. The van der Waals surface area contributed by atoms with Crippen LogP contribution >= 0.6 is 0 Å². The van der Waals surface area contributed by atoms with E-state index in [-0.39, 0.29) is 12.1 Å². The van der Waals surface area contributed by atoms with Crippen molar-refractivity contribution in [2.75, 3.05) is 7.11 Å². The summed E-state index contributed by atoms with van der Waals surface area (Å²) in [5.74, 6) is 5.35. The summed E-state index contributed by atoms with van der Waals surface area (Å²) in [6.45, 7) is 1.78. The number of benzene rings is 1. The average Bonchev–Trinajstić information content (AvgIpc) is 2.29. The molecule has 0 fully saturated rings. The summed E-state index contributed by atoms with van der Waals surface area (Å²) in [6, 6.07) is 4.50. The smallest absolute Gasteiger partial charge is 0.380 e. The lowest BCUT2D eigenvalue weighted by atomic mass is 10.0. The highest BCUT2D eigenvalue weighted by Gasteiger charge is 2.30. The van der Waals surface area contributed by atoms with Crippen LogP contribution in [0.3, 0.4) is 0 Å². The second-order valence-corrected chi connectivity index (χ2v) is 3.70. The third-order valence-electron chi connectivity index (χ3n) is 2.62. The molecule has 0 bridgehead atoms. The van der Waals surface area contributed by atoms with Crippen molar-refractivity contribution in [3.63, 3.8) is 0 Å². The van der Waals surface area contributed by atoms with Gasteiger partial charge in [0.15, 0.2) is 0 Å². The van der Waals surface area contributed by atoms with E-state index in [1.54, 1.807) is 6.92 Å². The Morgan fingerprint density at radius 3 is 2.12 bits per heavy atom. The maximum absolute atomic E-state index is 12.4. The van der Waals surface area contributed by atoms with E-state index < -0.39 is 11.7 Å². The van der Waals surface area contributed by atoms with E-state index >= 15 is 0 Å². The van der Waals surface area contributed by atoms with E-state index in [9.17, 15) is 13.2 Å². The number of alkyl halides is 3. The summed E-state index contributed by atoms with van der Waals surface area (Å²) in [5.41, 5.74) is 2.49. The molecule has 1 rings (SSSR count). The number of halogens is 3. The number of hydrazine groups is 1. The molecule has 0 saturated heterocycles. The highest BCUT2D eigenvalue weighted by molar-refractivity contribution is 5.27. The first-order valence-corrected chi connectivity index (χ1v) is 5.06. The van der Waals surface area contributed by atoms with E-state index in [1.807, 2.05) is 0 Å². The Morgan fingerprint density at radius 2 is 1.76 bits per heavy atom. The van der Waals surface area contributed by atoms with Crippen LogP contribution in [-0.2, 0) is 10.9 Å². The van der Waals surface area contributed by atoms with Gasteiger partial charge in [0.05, 0.1) is 17.7 Å². The number of nitrogens with two attached hydrogens (primary N) is 1. The molecule has 17 heavy (non-hydrogen) atoms. The molecular weight excluding hydrogens is 233 g/mol. The number of methoxy groups -OCH3 is 1. The lowest BCUT2D eigenvalue weighted by molar-refractivity contribution is -0.137. The molecule has 2 unspecified atom stereocenters. The molecule has 1 aromatic carbocycles. The summed E-state index contributed by atoms with van der Waals surface area (Å²) in [5, 5.41) is 0. The van der Waals surface area contributed by atoms with Gasteiger partial charge in [-0.1, -0.05) is 12.1 Å². The highest BCUT2D eigenvalue weighted by atomic mass is 19.4. The van der Waals surface area contributed by atoms with E-state index in [1.165, 1.54) is 19.2 Å². The van der Waals surface area contributed by atoms with Gasteiger partial charge in [-0.2, -0.15) is 13.2 Å². The van der Waals surface area contributed by atoms with Crippen LogP contribution in [0.2, 0.25) is 0 Å². The van der Waals surface area contributed by atoms with Crippen LogP contribution in [0.15, 0.2) is 24.3 Å². The van der Waals surface area contributed by atoms with Crippen LogP contribution in [-0.4, -0.2) is 13.2 Å². The summed E-state index contributed by atoms with van der Waals surface area (Å²) in [6.07, 6.45) is -4.56. The summed E-state index contributed by atoms with van der Waals surface area (Å²) < 4.78 is 42.2. The molecule has 0 spiro atoms.